The molecule has 0 aliphatic carbocycles. The third-order valence-electron chi connectivity index (χ3n) is 4.26. The van der Waals surface area contributed by atoms with E-state index in [-0.39, 0.29) is 12.5 Å². The number of hydrogen-bond donors (Lipinski definition) is 3. The van der Waals surface area contributed by atoms with Crippen LogP contribution in [0.4, 0.5) is 5.13 Å². The van der Waals surface area contributed by atoms with Gasteiger partial charge in [-0.1, -0.05) is 0 Å². The highest BCUT2D eigenvalue weighted by molar-refractivity contribution is 7.13. The number of carbonyl (C=O) groups excluding carboxylic acids is 1. The molecule has 0 saturated carbocycles. The Balaban J connectivity index is 1.42. The number of aryl methyl sites for hydroxylation is 1. The summed E-state index contributed by atoms with van der Waals surface area (Å²) in [6.45, 7) is 2.96. The fourth-order valence-electron chi connectivity index (χ4n) is 3.05. The molecule has 0 unspecified atom stereocenters. The molecule has 1 amide bonds. The van der Waals surface area contributed by atoms with Crippen molar-refractivity contribution < 1.29 is 4.79 Å². The lowest BCUT2D eigenvalue weighted by atomic mass is 9.96. The van der Waals surface area contributed by atoms with E-state index in [9.17, 15) is 4.79 Å². The molecule has 0 radical (unpaired) electrons. The van der Waals surface area contributed by atoms with Gasteiger partial charge in [0.05, 0.1) is 5.69 Å². The summed E-state index contributed by atoms with van der Waals surface area (Å²) in [6, 6.07) is 2.03. The van der Waals surface area contributed by atoms with E-state index in [1.54, 1.807) is 6.20 Å². The second-order valence-corrected chi connectivity index (χ2v) is 6.98. The van der Waals surface area contributed by atoms with Crippen molar-refractivity contribution in [1.29, 1.82) is 0 Å². The van der Waals surface area contributed by atoms with Crippen LogP contribution in [0.3, 0.4) is 0 Å². The number of thiazole rings is 1. The van der Waals surface area contributed by atoms with Gasteiger partial charge >= 0.3 is 0 Å². The first kappa shape index (κ1) is 16.9. The number of nitrogens with one attached hydrogen (secondary N) is 2. The Morgan fingerprint density at radius 3 is 3.21 bits per heavy atom. The van der Waals surface area contributed by atoms with Crippen LogP contribution in [-0.2, 0) is 17.8 Å². The van der Waals surface area contributed by atoms with Crippen molar-refractivity contribution in [3.05, 3.63) is 29.0 Å². The number of nitrogens with two attached hydrogens (primary N) is 1. The summed E-state index contributed by atoms with van der Waals surface area (Å²) in [4.78, 5) is 16.4. The number of nitrogen functional groups attached to an aromatic ring is 1. The molecule has 24 heavy (non-hydrogen) atoms. The zero-order valence-corrected chi connectivity index (χ0v) is 14.5. The molecule has 7 nitrogen and oxygen atoms in total. The van der Waals surface area contributed by atoms with E-state index in [2.05, 4.69) is 20.7 Å². The smallest absolute Gasteiger partial charge is 0.241 e. The standard InChI is InChI=1S/C16H24N6OS/c17-16-21-13(11-24-16)4-2-7-19-15(23)10-22-14(5-8-20-22)12-3-1-6-18-9-12/h5,8,11-12,18H,1-4,6-7,9-10H2,(H2,17,21)(H,19,23)/t12-/m1/s1. The Morgan fingerprint density at radius 1 is 1.54 bits per heavy atom. The average molecular weight is 348 g/mol. The van der Waals surface area contributed by atoms with Crippen molar-refractivity contribution in [3.8, 4) is 0 Å². The molecule has 0 bridgehead atoms. The molecule has 1 saturated heterocycles. The first-order chi connectivity index (χ1) is 11.7. The van der Waals surface area contributed by atoms with Crippen LogP contribution >= 0.6 is 11.3 Å². The predicted octanol–water partition coefficient (Wildman–Crippen LogP) is 1.14. The summed E-state index contributed by atoms with van der Waals surface area (Å²) in [5.74, 6) is 0.450. The maximum Gasteiger partial charge on any atom is 0.241 e. The normalized spacial score (nSPS) is 17.8. The highest BCUT2D eigenvalue weighted by atomic mass is 32.1. The Labute approximate surface area is 145 Å². The van der Waals surface area contributed by atoms with Gasteiger partial charge in [0.2, 0.25) is 5.91 Å². The molecule has 0 spiro atoms. The van der Waals surface area contributed by atoms with Gasteiger partial charge < -0.3 is 16.4 Å². The van der Waals surface area contributed by atoms with Gasteiger partial charge in [0.25, 0.3) is 0 Å². The first-order valence-corrected chi connectivity index (χ1v) is 9.29. The van der Waals surface area contributed by atoms with Crippen LogP contribution in [0.15, 0.2) is 17.6 Å². The van der Waals surface area contributed by atoms with Crippen molar-refractivity contribution in [2.45, 2.75) is 38.1 Å². The van der Waals surface area contributed by atoms with Crippen LogP contribution in [0.1, 0.15) is 36.6 Å². The number of aromatic nitrogens is 3. The number of rotatable bonds is 7. The van der Waals surface area contributed by atoms with Gasteiger partial charge in [0.1, 0.15) is 6.54 Å². The summed E-state index contributed by atoms with van der Waals surface area (Å²) >= 11 is 1.45. The largest absolute Gasteiger partial charge is 0.375 e. The molecule has 130 valence electrons. The first-order valence-electron chi connectivity index (χ1n) is 8.41. The van der Waals surface area contributed by atoms with Crippen LogP contribution in [0.25, 0.3) is 0 Å². The number of amides is 1. The zero-order valence-electron chi connectivity index (χ0n) is 13.7. The molecule has 3 rings (SSSR count). The molecule has 3 heterocycles. The number of anilines is 1. The Hall–Kier alpha value is -1.93. The van der Waals surface area contributed by atoms with Gasteiger partial charge in [0, 0.05) is 36.3 Å². The third kappa shape index (κ3) is 4.55. The lowest BCUT2D eigenvalue weighted by molar-refractivity contribution is -0.121. The molecule has 1 fully saturated rings. The molecule has 1 aliphatic heterocycles. The maximum atomic E-state index is 12.1. The van der Waals surface area contributed by atoms with Crippen molar-refractivity contribution in [1.82, 2.24) is 25.4 Å². The molecular weight excluding hydrogens is 324 g/mol. The Bertz CT molecular complexity index is 661. The van der Waals surface area contributed by atoms with E-state index in [0.717, 1.165) is 43.7 Å². The molecule has 4 N–H and O–H groups in total. The molecule has 1 atom stereocenters. The van der Waals surface area contributed by atoms with Gasteiger partial charge in [-0.25, -0.2) is 4.98 Å². The molecule has 2 aromatic rings. The Kier molecular flexibility index (Phi) is 5.81. The van der Waals surface area contributed by atoms with Gasteiger partial charge in [0.15, 0.2) is 5.13 Å². The minimum atomic E-state index is 0.00140. The van der Waals surface area contributed by atoms with E-state index < -0.39 is 0 Å². The lowest BCUT2D eigenvalue weighted by Gasteiger charge is -2.23. The van der Waals surface area contributed by atoms with Crippen LogP contribution in [0.5, 0.6) is 0 Å². The van der Waals surface area contributed by atoms with Crippen LogP contribution in [0, 0.1) is 0 Å². The minimum Gasteiger partial charge on any atom is -0.375 e. The van der Waals surface area contributed by atoms with Crippen LogP contribution in [-0.4, -0.2) is 40.3 Å². The summed E-state index contributed by atoms with van der Waals surface area (Å²) in [7, 11) is 0. The van der Waals surface area contributed by atoms with Crippen LogP contribution in [0.2, 0.25) is 0 Å². The second kappa shape index (κ2) is 8.25. The van der Waals surface area contributed by atoms with E-state index >= 15 is 0 Å². The average Bonchev–Trinajstić information content (AvgIpc) is 3.21. The van der Waals surface area contributed by atoms with Crippen LogP contribution < -0.4 is 16.4 Å². The third-order valence-corrected chi connectivity index (χ3v) is 4.98. The number of nitrogens with zero attached hydrogens (tertiary/aromatic N) is 3. The predicted molar refractivity (Wildman–Crippen MR) is 94.9 cm³/mol. The summed E-state index contributed by atoms with van der Waals surface area (Å²) in [5, 5.41) is 13.2. The van der Waals surface area contributed by atoms with E-state index in [0.29, 0.717) is 17.6 Å². The summed E-state index contributed by atoms with van der Waals surface area (Å²) in [5.41, 5.74) is 7.75. The van der Waals surface area contributed by atoms with Crippen molar-refractivity contribution in [2.24, 2.45) is 0 Å². The maximum absolute atomic E-state index is 12.1. The van der Waals surface area contributed by atoms with Gasteiger partial charge in [-0.15, -0.1) is 11.3 Å². The van der Waals surface area contributed by atoms with Gasteiger partial charge in [-0.3, -0.25) is 9.48 Å². The molecule has 2 aromatic heterocycles. The molecule has 0 aromatic carbocycles. The highest BCUT2D eigenvalue weighted by Gasteiger charge is 2.19. The minimum absolute atomic E-state index is 0.00140. The number of piperidine rings is 1. The summed E-state index contributed by atoms with van der Waals surface area (Å²) in [6.07, 6.45) is 5.78. The molecule has 1 aliphatic rings. The van der Waals surface area contributed by atoms with Crippen molar-refractivity contribution >= 4 is 22.4 Å². The number of hydrogen-bond acceptors (Lipinski definition) is 6. The van der Waals surface area contributed by atoms with E-state index in [4.69, 9.17) is 5.73 Å². The van der Waals surface area contributed by atoms with E-state index in [1.165, 1.54) is 17.8 Å². The fraction of sp³-hybridized carbons (Fsp3) is 0.562. The van der Waals surface area contributed by atoms with Gasteiger partial charge in [-0.2, -0.15) is 5.10 Å². The topological polar surface area (TPSA) is 97.9 Å². The van der Waals surface area contributed by atoms with Gasteiger partial charge in [-0.05, 0) is 38.3 Å². The van der Waals surface area contributed by atoms with E-state index in [1.807, 2.05) is 16.1 Å². The zero-order chi connectivity index (χ0) is 16.8. The Morgan fingerprint density at radius 2 is 2.46 bits per heavy atom. The number of carbonyl (C=O) groups is 1. The SMILES string of the molecule is Nc1nc(CCCNC(=O)Cn2nccc2[C@@H]2CCCNC2)cs1. The van der Waals surface area contributed by atoms with Crippen molar-refractivity contribution in [3.63, 3.8) is 0 Å². The quantitative estimate of drug-likeness (QED) is 0.652. The van der Waals surface area contributed by atoms with Crippen molar-refractivity contribution in [2.75, 3.05) is 25.4 Å². The lowest BCUT2D eigenvalue weighted by Crippen LogP contribution is -2.32. The monoisotopic (exact) mass is 348 g/mol. The molecule has 8 heteroatoms. The summed E-state index contributed by atoms with van der Waals surface area (Å²) < 4.78 is 1.83. The highest BCUT2D eigenvalue weighted by Crippen LogP contribution is 2.22. The fourth-order valence-corrected chi connectivity index (χ4v) is 3.65. The molecular formula is C16H24N6OS. The second-order valence-electron chi connectivity index (χ2n) is 6.09.